The highest BCUT2D eigenvalue weighted by Crippen LogP contribution is 2.20. The smallest absolute Gasteiger partial charge is 0.267 e. The SMILES string of the molecule is Cc1nc2sccn2c(=O)c1S(=O)(=O)NCCC1=CCCCC1. The summed E-state index contributed by atoms with van der Waals surface area (Å²) in [7, 11) is -3.86. The van der Waals surface area contributed by atoms with Gasteiger partial charge in [0.15, 0.2) is 9.86 Å². The summed E-state index contributed by atoms with van der Waals surface area (Å²) >= 11 is 1.30. The Morgan fingerprint density at radius 1 is 1.39 bits per heavy atom. The molecule has 0 atom stereocenters. The molecule has 0 aromatic carbocycles. The Kier molecular flexibility index (Phi) is 4.65. The molecule has 0 spiro atoms. The largest absolute Gasteiger partial charge is 0.279 e. The maximum absolute atomic E-state index is 12.5. The van der Waals surface area contributed by atoms with Crippen molar-refractivity contribution in [2.24, 2.45) is 0 Å². The van der Waals surface area contributed by atoms with Crippen LogP contribution in [-0.4, -0.2) is 24.3 Å². The summed E-state index contributed by atoms with van der Waals surface area (Å²) in [6.07, 6.45) is 8.90. The fourth-order valence-electron chi connectivity index (χ4n) is 2.83. The van der Waals surface area contributed by atoms with Crippen molar-refractivity contribution in [2.75, 3.05) is 6.54 Å². The van der Waals surface area contributed by atoms with Crippen molar-refractivity contribution < 1.29 is 8.42 Å². The number of allylic oxidation sites excluding steroid dienone is 1. The van der Waals surface area contributed by atoms with E-state index in [1.54, 1.807) is 18.5 Å². The zero-order valence-electron chi connectivity index (χ0n) is 12.9. The van der Waals surface area contributed by atoms with Crippen LogP contribution in [0.15, 0.2) is 32.9 Å². The maximum Gasteiger partial charge on any atom is 0.279 e. The predicted molar refractivity (Wildman–Crippen MR) is 90.4 cm³/mol. The van der Waals surface area contributed by atoms with Gasteiger partial charge in [0.05, 0.1) is 5.69 Å². The van der Waals surface area contributed by atoms with Crippen LogP contribution in [0.2, 0.25) is 0 Å². The highest BCUT2D eigenvalue weighted by Gasteiger charge is 2.23. The number of thiazole rings is 1. The van der Waals surface area contributed by atoms with E-state index in [0.29, 0.717) is 17.9 Å². The third kappa shape index (κ3) is 3.39. The summed E-state index contributed by atoms with van der Waals surface area (Å²) in [5.41, 5.74) is 0.985. The first-order valence-corrected chi connectivity index (χ1v) is 9.99. The topological polar surface area (TPSA) is 80.5 Å². The quantitative estimate of drug-likeness (QED) is 0.836. The van der Waals surface area contributed by atoms with Crippen LogP contribution in [0.3, 0.4) is 0 Å². The molecule has 2 heterocycles. The van der Waals surface area contributed by atoms with E-state index in [-0.39, 0.29) is 10.6 Å². The van der Waals surface area contributed by atoms with Gasteiger partial charge in [-0.2, -0.15) is 0 Å². The van der Waals surface area contributed by atoms with Gasteiger partial charge in [-0.25, -0.2) is 18.1 Å². The van der Waals surface area contributed by atoms with Gasteiger partial charge < -0.3 is 0 Å². The van der Waals surface area contributed by atoms with E-state index in [2.05, 4.69) is 15.8 Å². The second-order valence-electron chi connectivity index (χ2n) is 5.64. The molecular weight excluding hydrogens is 334 g/mol. The molecule has 8 heteroatoms. The van der Waals surface area contributed by atoms with Crippen LogP contribution >= 0.6 is 11.3 Å². The molecular formula is C15H19N3O3S2. The van der Waals surface area contributed by atoms with E-state index < -0.39 is 15.6 Å². The van der Waals surface area contributed by atoms with Gasteiger partial charge >= 0.3 is 0 Å². The van der Waals surface area contributed by atoms with Crippen molar-refractivity contribution in [3.63, 3.8) is 0 Å². The van der Waals surface area contributed by atoms with Gasteiger partial charge in [-0.15, -0.1) is 11.3 Å². The number of aromatic nitrogens is 2. The van der Waals surface area contributed by atoms with Gasteiger partial charge in [-0.1, -0.05) is 11.6 Å². The number of fused-ring (bicyclic) bond motifs is 1. The Morgan fingerprint density at radius 3 is 2.96 bits per heavy atom. The molecule has 124 valence electrons. The van der Waals surface area contributed by atoms with Gasteiger partial charge in [0.1, 0.15) is 0 Å². The lowest BCUT2D eigenvalue weighted by molar-refractivity contribution is 0.576. The summed E-state index contributed by atoms with van der Waals surface area (Å²) < 4.78 is 28.8. The molecule has 2 aromatic heterocycles. The van der Waals surface area contributed by atoms with Crippen molar-refractivity contribution >= 4 is 26.3 Å². The molecule has 0 unspecified atom stereocenters. The fourth-order valence-corrected chi connectivity index (χ4v) is 4.85. The van der Waals surface area contributed by atoms with Crippen molar-refractivity contribution in [1.82, 2.24) is 14.1 Å². The normalized spacial score (nSPS) is 15.8. The maximum atomic E-state index is 12.5. The van der Waals surface area contributed by atoms with Crippen molar-refractivity contribution in [1.29, 1.82) is 0 Å². The van der Waals surface area contributed by atoms with Crippen LogP contribution in [0.1, 0.15) is 37.8 Å². The minimum absolute atomic E-state index is 0.238. The first-order valence-electron chi connectivity index (χ1n) is 7.63. The molecule has 1 aliphatic carbocycles. The molecule has 0 saturated carbocycles. The summed E-state index contributed by atoms with van der Waals surface area (Å²) in [6.45, 7) is 1.86. The Labute approximate surface area is 138 Å². The Hall–Kier alpha value is -1.51. The van der Waals surface area contributed by atoms with Crippen molar-refractivity contribution in [3.8, 4) is 0 Å². The van der Waals surface area contributed by atoms with Crippen LogP contribution in [0.5, 0.6) is 0 Å². The molecule has 6 nitrogen and oxygen atoms in total. The average molecular weight is 353 g/mol. The zero-order valence-corrected chi connectivity index (χ0v) is 14.5. The van der Waals surface area contributed by atoms with E-state index in [1.165, 1.54) is 27.7 Å². The van der Waals surface area contributed by atoms with Crippen molar-refractivity contribution in [2.45, 2.75) is 43.9 Å². The Balaban J connectivity index is 1.82. The van der Waals surface area contributed by atoms with Crippen LogP contribution in [0.25, 0.3) is 4.96 Å². The lowest BCUT2D eigenvalue weighted by Gasteiger charge is -2.13. The lowest BCUT2D eigenvalue weighted by Crippen LogP contribution is -2.33. The second-order valence-corrected chi connectivity index (χ2v) is 8.22. The molecule has 0 fully saturated rings. The standard InChI is InChI=1S/C15H19N3O3S2/c1-11-13(14(19)18-9-10-22-15(18)17-11)23(20,21)16-8-7-12-5-3-2-4-6-12/h5,9-10,16H,2-4,6-8H2,1H3. The van der Waals surface area contributed by atoms with Gasteiger partial charge in [-0.05, 0) is 39.0 Å². The molecule has 0 aliphatic heterocycles. The van der Waals surface area contributed by atoms with Gasteiger partial charge in [0, 0.05) is 18.1 Å². The number of aryl methyl sites for hydroxylation is 1. The predicted octanol–water partition coefficient (Wildman–Crippen LogP) is 2.23. The van der Waals surface area contributed by atoms with E-state index in [1.807, 2.05) is 0 Å². The van der Waals surface area contributed by atoms with Gasteiger partial charge in [0.2, 0.25) is 10.0 Å². The molecule has 1 aliphatic rings. The molecule has 0 saturated heterocycles. The summed E-state index contributed by atoms with van der Waals surface area (Å²) in [5, 5.41) is 1.71. The highest BCUT2D eigenvalue weighted by atomic mass is 32.2. The van der Waals surface area contributed by atoms with Crippen LogP contribution < -0.4 is 10.3 Å². The molecule has 0 bridgehead atoms. The minimum atomic E-state index is -3.86. The average Bonchev–Trinajstić information content (AvgIpc) is 2.96. The second kappa shape index (κ2) is 6.54. The number of nitrogens with zero attached hydrogens (tertiary/aromatic N) is 2. The van der Waals surface area contributed by atoms with Crippen LogP contribution in [0.4, 0.5) is 0 Å². The number of sulfonamides is 1. The molecule has 3 rings (SSSR count). The number of hydrogen-bond donors (Lipinski definition) is 1. The Bertz CT molecular complexity index is 910. The summed E-state index contributed by atoms with van der Waals surface area (Å²) in [6, 6.07) is 0. The molecule has 1 N–H and O–H groups in total. The van der Waals surface area contributed by atoms with Crippen molar-refractivity contribution in [3.05, 3.63) is 39.3 Å². The fraction of sp³-hybridized carbons (Fsp3) is 0.467. The van der Waals surface area contributed by atoms with E-state index >= 15 is 0 Å². The summed E-state index contributed by atoms with van der Waals surface area (Å²) in [5.74, 6) is 0. The minimum Gasteiger partial charge on any atom is -0.267 e. The molecule has 2 aromatic rings. The number of nitrogens with one attached hydrogen (secondary N) is 1. The first kappa shape index (κ1) is 16.4. The highest BCUT2D eigenvalue weighted by molar-refractivity contribution is 7.89. The van der Waals surface area contributed by atoms with Crippen LogP contribution in [0, 0.1) is 6.92 Å². The van der Waals surface area contributed by atoms with E-state index in [4.69, 9.17) is 0 Å². The molecule has 23 heavy (non-hydrogen) atoms. The van der Waals surface area contributed by atoms with E-state index in [0.717, 1.165) is 19.3 Å². The zero-order chi connectivity index (χ0) is 16.4. The molecule has 0 amide bonds. The monoisotopic (exact) mass is 353 g/mol. The van der Waals surface area contributed by atoms with E-state index in [9.17, 15) is 13.2 Å². The summed E-state index contributed by atoms with van der Waals surface area (Å²) in [4.78, 5) is 16.9. The molecule has 0 radical (unpaired) electrons. The first-order chi connectivity index (χ1) is 11.0. The Morgan fingerprint density at radius 2 is 2.22 bits per heavy atom. The van der Waals surface area contributed by atoms with Gasteiger partial charge in [0.25, 0.3) is 5.56 Å². The third-order valence-electron chi connectivity index (χ3n) is 3.99. The van der Waals surface area contributed by atoms with Gasteiger partial charge in [-0.3, -0.25) is 9.20 Å². The number of rotatable bonds is 5. The third-order valence-corrected chi connectivity index (χ3v) is 6.33. The van der Waals surface area contributed by atoms with Crippen LogP contribution in [-0.2, 0) is 10.0 Å². The number of hydrogen-bond acceptors (Lipinski definition) is 5. The lowest BCUT2D eigenvalue weighted by atomic mass is 9.97.